The fraction of sp³-hybridized carbons (Fsp3) is 0.429. The molecule has 0 spiro atoms. The first-order valence-electron chi connectivity index (χ1n) is 12.4. The predicted molar refractivity (Wildman–Crippen MR) is 137 cm³/mol. The molecule has 0 saturated carbocycles. The summed E-state index contributed by atoms with van der Waals surface area (Å²) in [5, 5.41) is 9.71. The molecule has 184 valence electrons. The highest BCUT2D eigenvalue weighted by molar-refractivity contribution is 5.97. The van der Waals surface area contributed by atoms with E-state index >= 15 is 0 Å². The Balaban J connectivity index is 1.72. The lowest BCUT2D eigenvalue weighted by Gasteiger charge is -2.29. The average molecular weight is 475 g/mol. The maximum atomic E-state index is 13.7. The molecule has 35 heavy (non-hydrogen) atoms. The normalized spacial score (nSPS) is 15.3. The third-order valence-electron chi connectivity index (χ3n) is 6.78. The number of rotatable bonds is 2. The Morgan fingerprint density at radius 2 is 1.57 bits per heavy atom. The zero-order valence-electron chi connectivity index (χ0n) is 20.9. The van der Waals surface area contributed by atoms with E-state index in [2.05, 4.69) is 9.97 Å². The number of carbonyl (C=O) groups is 2. The van der Waals surface area contributed by atoms with Gasteiger partial charge in [0, 0.05) is 37.8 Å². The molecule has 1 aromatic heterocycles. The van der Waals surface area contributed by atoms with Gasteiger partial charge in [0.15, 0.2) is 0 Å². The number of amides is 2. The van der Waals surface area contributed by atoms with Crippen molar-refractivity contribution in [1.82, 2.24) is 14.9 Å². The van der Waals surface area contributed by atoms with E-state index in [4.69, 9.17) is 0 Å². The second-order valence-electron chi connectivity index (χ2n) is 9.38. The number of nitrogens with zero attached hydrogens (tertiary/aromatic N) is 4. The van der Waals surface area contributed by atoms with Crippen molar-refractivity contribution in [1.29, 1.82) is 0 Å². The molecule has 2 amide bonds. The molecular weight excluding hydrogens is 440 g/mol. The Morgan fingerprint density at radius 3 is 2.29 bits per heavy atom. The molecule has 1 aliphatic heterocycles. The van der Waals surface area contributed by atoms with E-state index in [1.54, 1.807) is 11.8 Å². The van der Waals surface area contributed by atoms with E-state index in [1.807, 2.05) is 55.1 Å². The van der Waals surface area contributed by atoms with E-state index < -0.39 is 0 Å². The summed E-state index contributed by atoms with van der Waals surface area (Å²) in [5.41, 5.74) is 6.23. The average Bonchev–Trinajstić information content (AvgIpc) is 2.84. The molecule has 0 radical (unpaired) electrons. The van der Waals surface area contributed by atoms with Crippen molar-refractivity contribution < 1.29 is 14.7 Å². The summed E-state index contributed by atoms with van der Waals surface area (Å²) in [7, 11) is 0. The second-order valence-corrected chi connectivity index (χ2v) is 9.38. The fourth-order valence-corrected chi connectivity index (χ4v) is 4.65. The number of aryl methyl sites for hydroxylation is 2. The Labute approximate surface area is 206 Å². The molecule has 0 bridgehead atoms. The quantitative estimate of drug-likeness (QED) is 0.582. The summed E-state index contributed by atoms with van der Waals surface area (Å²) in [6.45, 7) is 6.99. The molecule has 3 aromatic rings. The van der Waals surface area contributed by atoms with Gasteiger partial charge in [-0.3, -0.25) is 9.59 Å². The maximum Gasteiger partial charge on any atom is 0.254 e. The number of aromatic nitrogens is 2. The number of hydrogen-bond donors (Lipinski definition) is 1. The number of benzene rings is 2. The zero-order chi connectivity index (χ0) is 24.9. The monoisotopic (exact) mass is 474 g/mol. The number of anilines is 1. The van der Waals surface area contributed by atoms with Gasteiger partial charge in [0.2, 0.25) is 5.91 Å². The fourth-order valence-electron chi connectivity index (χ4n) is 4.65. The summed E-state index contributed by atoms with van der Waals surface area (Å²) in [6.07, 6.45) is 5.01. The number of aliphatic hydroxyl groups is 1. The Kier molecular flexibility index (Phi) is 7.76. The maximum absolute atomic E-state index is 13.7. The van der Waals surface area contributed by atoms with Crippen LogP contribution in [0.4, 0.5) is 5.69 Å². The Morgan fingerprint density at radius 1 is 0.886 bits per heavy atom. The van der Waals surface area contributed by atoms with Crippen LogP contribution in [0.1, 0.15) is 71.9 Å². The highest BCUT2D eigenvalue weighted by atomic mass is 16.3. The number of aliphatic hydroxyl groups excluding tert-OH is 1. The number of carbonyl (C=O) groups excluding carboxylic acids is 2. The van der Waals surface area contributed by atoms with Gasteiger partial charge >= 0.3 is 0 Å². The molecule has 0 unspecified atom stereocenters. The summed E-state index contributed by atoms with van der Waals surface area (Å²) in [6, 6.07) is 11.2. The topological polar surface area (TPSA) is 86.6 Å². The van der Waals surface area contributed by atoms with Crippen LogP contribution in [-0.2, 0) is 17.9 Å². The molecule has 0 fully saturated rings. The minimum atomic E-state index is -0.0985. The summed E-state index contributed by atoms with van der Waals surface area (Å²) < 4.78 is 0. The van der Waals surface area contributed by atoms with Gasteiger partial charge < -0.3 is 14.9 Å². The van der Waals surface area contributed by atoms with Gasteiger partial charge in [-0.2, -0.15) is 0 Å². The minimum absolute atomic E-state index is 0.0324. The highest BCUT2D eigenvalue weighted by Gasteiger charge is 2.22. The molecule has 7 heteroatoms. The summed E-state index contributed by atoms with van der Waals surface area (Å²) in [4.78, 5) is 39.1. The van der Waals surface area contributed by atoms with E-state index in [0.29, 0.717) is 30.7 Å². The van der Waals surface area contributed by atoms with Crippen molar-refractivity contribution in [2.24, 2.45) is 0 Å². The van der Waals surface area contributed by atoms with Crippen LogP contribution in [0.5, 0.6) is 0 Å². The molecule has 4 rings (SSSR count). The lowest BCUT2D eigenvalue weighted by molar-refractivity contribution is -0.116. The van der Waals surface area contributed by atoms with Crippen molar-refractivity contribution >= 4 is 28.5 Å². The molecule has 0 atom stereocenters. The Bertz CT molecular complexity index is 1240. The van der Waals surface area contributed by atoms with Crippen LogP contribution in [0.25, 0.3) is 11.0 Å². The van der Waals surface area contributed by atoms with E-state index in [1.165, 1.54) is 0 Å². The van der Waals surface area contributed by atoms with E-state index in [9.17, 15) is 14.7 Å². The summed E-state index contributed by atoms with van der Waals surface area (Å²) >= 11 is 0. The van der Waals surface area contributed by atoms with Crippen LogP contribution in [-0.4, -0.2) is 44.9 Å². The van der Waals surface area contributed by atoms with E-state index in [0.717, 1.165) is 65.8 Å². The smallest absolute Gasteiger partial charge is 0.254 e. The van der Waals surface area contributed by atoms with Crippen LogP contribution in [0.2, 0.25) is 0 Å². The third-order valence-corrected chi connectivity index (χ3v) is 6.78. The standard InChI is InChI=1S/C28H34N4O3/c1-19-20(2)30-26-16-23(11-12-25(26)29-19)28(35)31-13-7-5-4-6-8-14-32(21(3)34)27-15-22(18-33)9-10-24(27)17-31/h9-12,15-16,33H,4-8,13-14,17-18H2,1-3H3. The largest absolute Gasteiger partial charge is 0.392 e. The lowest BCUT2D eigenvalue weighted by Crippen LogP contribution is -2.35. The van der Waals surface area contributed by atoms with Gasteiger partial charge in [-0.25, -0.2) is 9.97 Å². The van der Waals surface area contributed by atoms with Gasteiger partial charge in [0.25, 0.3) is 5.91 Å². The first-order valence-corrected chi connectivity index (χ1v) is 12.4. The minimum Gasteiger partial charge on any atom is -0.392 e. The number of fused-ring (bicyclic) bond motifs is 2. The van der Waals surface area contributed by atoms with Gasteiger partial charge in [-0.05, 0) is 62.1 Å². The van der Waals surface area contributed by atoms with Crippen LogP contribution >= 0.6 is 0 Å². The van der Waals surface area contributed by atoms with E-state index in [-0.39, 0.29) is 18.4 Å². The summed E-state index contributed by atoms with van der Waals surface area (Å²) in [5.74, 6) is -0.0920. The van der Waals surface area contributed by atoms with Crippen molar-refractivity contribution in [2.75, 3.05) is 18.0 Å². The van der Waals surface area contributed by atoms with Gasteiger partial charge in [-0.1, -0.05) is 31.4 Å². The highest BCUT2D eigenvalue weighted by Crippen LogP contribution is 2.27. The molecule has 1 N–H and O–H groups in total. The first-order chi connectivity index (χ1) is 16.9. The van der Waals surface area contributed by atoms with Crippen LogP contribution in [0.3, 0.4) is 0 Å². The first kappa shape index (κ1) is 24.8. The second kappa shape index (κ2) is 11.0. The van der Waals surface area contributed by atoms with Crippen molar-refractivity contribution in [3.63, 3.8) is 0 Å². The van der Waals surface area contributed by atoms with Gasteiger partial charge in [-0.15, -0.1) is 0 Å². The van der Waals surface area contributed by atoms with Crippen LogP contribution in [0.15, 0.2) is 36.4 Å². The predicted octanol–water partition coefficient (Wildman–Crippen LogP) is 4.70. The molecule has 0 saturated heterocycles. The lowest BCUT2D eigenvalue weighted by atomic mass is 10.0. The molecule has 2 aromatic carbocycles. The molecule has 7 nitrogen and oxygen atoms in total. The molecule has 0 aliphatic carbocycles. The third kappa shape index (κ3) is 5.68. The van der Waals surface area contributed by atoms with Crippen molar-refractivity contribution in [3.05, 3.63) is 64.5 Å². The van der Waals surface area contributed by atoms with Gasteiger partial charge in [0.05, 0.1) is 29.0 Å². The molecule has 1 aliphatic rings. The zero-order valence-corrected chi connectivity index (χ0v) is 20.9. The number of hydrogen-bond acceptors (Lipinski definition) is 5. The SMILES string of the molecule is CC(=O)N1CCCCCCCN(C(=O)c2ccc3nc(C)c(C)nc3c2)Cc2ccc(CO)cc21. The Hall–Kier alpha value is -3.32. The van der Waals surface area contributed by atoms with Crippen molar-refractivity contribution in [2.45, 2.75) is 66.0 Å². The van der Waals surface area contributed by atoms with Crippen molar-refractivity contribution in [3.8, 4) is 0 Å². The van der Waals surface area contributed by atoms with Crippen LogP contribution in [0, 0.1) is 13.8 Å². The van der Waals surface area contributed by atoms with Gasteiger partial charge in [0.1, 0.15) is 0 Å². The van der Waals surface area contributed by atoms with Crippen LogP contribution < -0.4 is 4.90 Å². The molecular formula is C28H34N4O3. The molecule has 2 heterocycles.